The van der Waals surface area contributed by atoms with Crippen LogP contribution in [0.2, 0.25) is 0 Å². The highest BCUT2D eigenvalue weighted by Crippen LogP contribution is 2.22. The standard InChI is InChI=1S/C16H34N4O/c1-15(2,14(17)18)7-5-6-8-19-9-11-20(12-10-19)13-16(3,4)21/h21H,5-13H2,1-4H3,(H3,17,18). The van der Waals surface area contributed by atoms with Crippen molar-refractivity contribution in [3.63, 3.8) is 0 Å². The number of nitrogens with one attached hydrogen (secondary N) is 1. The minimum Gasteiger partial charge on any atom is -0.389 e. The Morgan fingerprint density at radius 2 is 1.57 bits per heavy atom. The minimum absolute atomic E-state index is 0.161. The molecule has 1 aliphatic rings. The van der Waals surface area contributed by atoms with Crippen molar-refractivity contribution in [2.24, 2.45) is 11.1 Å². The van der Waals surface area contributed by atoms with Crippen molar-refractivity contribution in [3.8, 4) is 0 Å². The van der Waals surface area contributed by atoms with E-state index >= 15 is 0 Å². The zero-order valence-corrected chi connectivity index (χ0v) is 14.3. The molecule has 0 saturated carbocycles. The summed E-state index contributed by atoms with van der Waals surface area (Å²) in [5.41, 5.74) is 4.85. The van der Waals surface area contributed by atoms with Crippen LogP contribution in [-0.2, 0) is 0 Å². The first kappa shape index (κ1) is 18.4. The largest absolute Gasteiger partial charge is 0.389 e. The van der Waals surface area contributed by atoms with Gasteiger partial charge in [-0.25, -0.2) is 0 Å². The Balaban J connectivity index is 2.15. The average Bonchev–Trinajstić information content (AvgIpc) is 2.34. The molecule has 0 radical (unpaired) electrons. The Hall–Kier alpha value is -0.650. The molecule has 0 aromatic heterocycles. The highest BCUT2D eigenvalue weighted by molar-refractivity contribution is 5.82. The highest BCUT2D eigenvalue weighted by atomic mass is 16.3. The van der Waals surface area contributed by atoms with Crippen molar-refractivity contribution in [1.29, 1.82) is 5.41 Å². The van der Waals surface area contributed by atoms with Crippen LogP contribution in [0.3, 0.4) is 0 Å². The van der Waals surface area contributed by atoms with E-state index < -0.39 is 5.60 Å². The van der Waals surface area contributed by atoms with E-state index in [0.29, 0.717) is 5.84 Å². The third-order valence-electron chi connectivity index (χ3n) is 4.33. The normalized spacial score (nSPS) is 18.9. The molecule has 0 aliphatic carbocycles. The summed E-state index contributed by atoms with van der Waals surface area (Å²) in [4.78, 5) is 4.84. The van der Waals surface area contributed by atoms with Crippen LogP contribution in [0.4, 0.5) is 0 Å². The molecule has 1 heterocycles. The fourth-order valence-corrected chi connectivity index (χ4v) is 2.76. The third-order valence-corrected chi connectivity index (χ3v) is 4.33. The Bertz CT molecular complexity index is 328. The van der Waals surface area contributed by atoms with E-state index in [1.54, 1.807) is 0 Å². The van der Waals surface area contributed by atoms with E-state index in [-0.39, 0.29) is 5.41 Å². The molecule has 4 N–H and O–H groups in total. The van der Waals surface area contributed by atoms with Gasteiger partial charge in [0.1, 0.15) is 0 Å². The van der Waals surface area contributed by atoms with Crippen LogP contribution in [0.5, 0.6) is 0 Å². The lowest BCUT2D eigenvalue weighted by atomic mass is 9.86. The van der Waals surface area contributed by atoms with Gasteiger partial charge < -0.3 is 15.7 Å². The van der Waals surface area contributed by atoms with Crippen LogP contribution >= 0.6 is 0 Å². The number of nitrogens with zero attached hydrogens (tertiary/aromatic N) is 2. The Morgan fingerprint density at radius 1 is 1.05 bits per heavy atom. The molecule has 1 rings (SSSR count). The van der Waals surface area contributed by atoms with Crippen molar-refractivity contribution < 1.29 is 5.11 Å². The molecule has 0 atom stereocenters. The first-order chi connectivity index (χ1) is 9.60. The summed E-state index contributed by atoms with van der Waals surface area (Å²) >= 11 is 0. The first-order valence-corrected chi connectivity index (χ1v) is 8.12. The maximum Gasteiger partial charge on any atom is 0.0963 e. The fraction of sp³-hybridized carbons (Fsp3) is 0.938. The SMILES string of the molecule is CC(C)(O)CN1CCN(CCCCC(C)(C)C(=N)N)CC1. The van der Waals surface area contributed by atoms with Gasteiger partial charge in [0.05, 0.1) is 11.4 Å². The van der Waals surface area contributed by atoms with Crippen LogP contribution in [0.15, 0.2) is 0 Å². The molecule has 1 saturated heterocycles. The predicted molar refractivity (Wildman–Crippen MR) is 88.7 cm³/mol. The van der Waals surface area contributed by atoms with Gasteiger partial charge in [-0.05, 0) is 33.2 Å². The van der Waals surface area contributed by atoms with Crippen LogP contribution in [0.25, 0.3) is 0 Å². The zero-order valence-electron chi connectivity index (χ0n) is 14.3. The van der Waals surface area contributed by atoms with Crippen molar-refractivity contribution >= 4 is 5.84 Å². The van der Waals surface area contributed by atoms with Crippen molar-refractivity contribution in [2.75, 3.05) is 39.3 Å². The van der Waals surface area contributed by atoms with E-state index in [2.05, 4.69) is 9.80 Å². The van der Waals surface area contributed by atoms with Gasteiger partial charge in [-0.2, -0.15) is 0 Å². The van der Waals surface area contributed by atoms with Crippen molar-refractivity contribution in [2.45, 2.75) is 52.6 Å². The molecule has 0 aromatic rings. The fourth-order valence-electron chi connectivity index (χ4n) is 2.76. The summed E-state index contributed by atoms with van der Waals surface area (Å²) in [6.07, 6.45) is 3.28. The lowest BCUT2D eigenvalue weighted by molar-refractivity contribution is 0.0176. The lowest BCUT2D eigenvalue weighted by Crippen LogP contribution is -2.50. The topological polar surface area (TPSA) is 76.6 Å². The summed E-state index contributed by atoms with van der Waals surface area (Å²) in [6.45, 7) is 14.0. The van der Waals surface area contributed by atoms with Crippen molar-refractivity contribution in [3.05, 3.63) is 0 Å². The number of piperazine rings is 1. The van der Waals surface area contributed by atoms with E-state index in [1.165, 1.54) is 6.42 Å². The average molecular weight is 298 g/mol. The summed E-state index contributed by atoms with van der Waals surface area (Å²) in [5.74, 6) is 0.294. The van der Waals surface area contributed by atoms with E-state index in [1.807, 2.05) is 27.7 Å². The van der Waals surface area contributed by atoms with E-state index in [0.717, 1.165) is 52.1 Å². The van der Waals surface area contributed by atoms with Gasteiger partial charge in [-0.3, -0.25) is 10.3 Å². The maximum absolute atomic E-state index is 9.85. The molecule has 0 aromatic carbocycles. The van der Waals surface area contributed by atoms with Crippen LogP contribution in [0, 0.1) is 10.8 Å². The second-order valence-corrected chi connectivity index (χ2v) is 7.68. The molecule has 1 fully saturated rings. The van der Waals surface area contributed by atoms with Gasteiger partial charge in [-0.15, -0.1) is 0 Å². The molecular weight excluding hydrogens is 264 g/mol. The number of unbranched alkanes of at least 4 members (excludes halogenated alkanes) is 1. The smallest absolute Gasteiger partial charge is 0.0963 e. The molecule has 1 aliphatic heterocycles. The minimum atomic E-state index is -0.597. The number of rotatable bonds is 8. The van der Waals surface area contributed by atoms with E-state index in [4.69, 9.17) is 11.1 Å². The number of amidine groups is 1. The lowest BCUT2D eigenvalue weighted by Gasteiger charge is -2.37. The van der Waals surface area contributed by atoms with E-state index in [9.17, 15) is 5.11 Å². The number of nitrogens with two attached hydrogens (primary N) is 1. The molecule has 0 unspecified atom stereocenters. The predicted octanol–water partition coefficient (Wildman–Crippen LogP) is 1.51. The van der Waals surface area contributed by atoms with Crippen LogP contribution in [-0.4, -0.2) is 65.6 Å². The maximum atomic E-state index is 9.85. The first-order valence-electron chi connectivity index (χ1n) is 8.12. The molecule has 21 heavy (non-hydrogen) atoms. The number of aliphatic hydroxyl groups is 1. The summed E-state index contributed by atoms with van der Waals surface area (Å²) in [7, 11) is 0. The molecule has 0 bridgehead atoms. The molecule has 5 heteroatoms. The number of hydrogen-bond acceptors (Lipinski definition) is 4. The van der Waals surface area contributed by atoms with Gasteiger partial charge in [0.15, 0.2) is 0 Å². The Morgan fingerprint density at radius 3 is 2.05 bits per heavy atom. The molecule has 5 nitrogen and oxygen atoms in total. The number of hydrogen-bond donors (Lipinski definition) is 3. The second kappa shape index (κ2) is 7.56. The highest BCUT2D eigenvalue weighted by Gasteiger charge is 2.23. The summed E-state index contributed by atoms with van der Waals surface area (Å²) in [6, 6.07) is 0. The quantitative estimate of drug-likeness (QED) is 0.361. The molecule has 124 valence electrons. The van der Waals surface area contributed by atoms with Gasteiger partial charge in [0, 0.05) is 38.1 Å². The monoisotopic (exact) mass is 298 g/mol. The molecule has 0 spiro atoms. The van der Waals surface area contributed by atoms with Gasteiger partial charge in [0.25, 0.3) is 0 Å². The molecular formula is C16H34N4O. The van der Waals surface area contributed by atoms with Crippen LogP contribution in [0.1, 0.15) is 47.0 Å². The van der Waals surface area contributed by atoms with Gasteiger partial charge >= 0.3 is 0 Å². The number of β-amino-alcohol motifs (C(OH)–C–C–N with tert-alkyl or cyclic N) is 1. The summed E-state index contributed by atoms with van der Waals surface area (Å²) < 4.78 is 0. The zero-order chi connectivity index (χ0) is 16.1. The van der Waals surface area contributed by atoms with Gasteiger partial charge in [-0.1, -0.05) is 20.3 Å². The van der Waals surface area contributed by atoms with Crippen molar-refractivity contribution in [1.82, 2.24) is 9.80 Å². The van der Waals surface area contributed by atoms with Crippen LogP contribution < -0.4 is 5.73 Å². The Kier molecular flexibility index (Phi) is 6.63. The summed E-state index contributed by atoms with van der Waals surface area (Å²) in [5, 5.41) is 17.4. The Labute approximate surface area is 130 Å². The molecule has 0 amide bonds. The second-order valence-electron chi connectivity index (χ2n) is 7.68. The van der Waals surface area contributed by atoms with Gasteiger partial charge in [0.2, 0.25) is 0 Å². The third kappa shape index (κ3) is 7.25.